The summed E-state index contributed by atoms with van der Waals surface area (Å²) in [4.78, 5) is 11.1. The quantitative estimate of drug-likeness (QED) is 0.713. The van der Waals surface area contributed by atoms with Crippen LogP contribution in [0.2, 0.25) is 0 Å². The first kappa shape index (κ1) is 17.4. The molecule has 0 aromatic carbocycles. The van der Waals surface area contributed by atoms with Crippen molar-refractivity contribution in [1.29, 1.82) is 0 Å². The van der Waals surface area contributed by atoms with E-state index in [0.29, 0.717) is 19.0 Å². The predicted molar refractivity (Wildman–Crippen MR) is 77.3 cm³/mol. The second-order valence-corrected chi connectivity index (χ2v) is 8.40. The van der Waals surface area contributed by atoms with Crippen molar-refractivity contribution in [1.82, 2.24) is 8.61 Å². The van der Waals surface area contributed by atoms with Gasteiger partial charge in [0.05, 0.1) is 13.5 Å². The number of hydrogen-bond donors (Lipinski definition) is 0. The largest absolute Gasteiger partial charge is 0.469 e. The number of ether oxygens (including phenoxy) is 1. The van der Waals surface area contributed by atoms with E-state index < -0.39 is 16.2 Å². The molecule has 118 valence electrons. The zero-order valence-electron chi connectivity index (χ0n) is 13.0. The van der Waals surface area contributed by atoms with Gasteiger partial charge < -0.3 is 4.74 Å². The third-order valence-corrected chi connectivity index (χ3v) is 5.91. The van der Waals surface area contributed by atoms with E-state index in [2.05, 4.69) is 25.5 Å². The summed E-state index contributed by atoms with van der Waals surface area (Å²) in [7, 11) is -0.677. The molecule has 1 aliphatic rings. The van der Waals surface area contributed by atoms with Crippen molar-refractivity contribution in [2.75, 3.05) is 33.8 Å². The highest BCUT2D eigenvalue weighted by atomic mass is 32.2. The maximum Gasteiger partial charge on any atom is 0.306 e. The van der Waals surface area contributed by atoms with Crippen molar-refractivity contribution in [2.45, 2.75) is 33.6 Å². The van der Waals surface area contributed by atoms with Crippen LogP contribution in [-0.4, -0.2) is 56.8 Å². The number of carbonyl (C=O) groups excluding carboxylic acids is 1. The summed E-state index contributed by atoms with van der Waals surface area (Å²) in [5.41, 5.74) is 0.106. The van der Waals surface area contributed by atoms with E-state index in [1.165, 1.54) is 22.8 Å². The van der Waals surface area contributed by atoms with E-state index in [1.54, 1.807) is 0 Å². The van der Waals surface area contributed by atoms with Crippen molar-refractivity contribution in [2.24, 2.45) is 11.3 Å². The molecule has 0 saturated carbocycles. The first-order chi connectivity index (χ1) is 9.09. The van der Waals surface area contributed by atoms with E-state index >= 15 is 0 Å². The summed E-state index contributed by atoms with van der Waals surface area (Å²) < 4.78 is 32.1. The number of carbonyl (C=O) groups is 1. The molecule has 1 saturated heterocycles. The third kappa shape index (κ3) is 4.17. The normalized spacial score (nSPS) is 21.4. The summed E-state index contributed by atoms with van der Waals surface area (Å²) in [6, 6.07) is 0. The van der Waals surface area contributed by atoms with Crippen LogP contribution in [-0.2, 0) is 19.7 Å². The van der Waals surface area contributed by atoms with Gasteiger partial charge in [0.2, 0.25) is 0 Å². The van der Waals surface area contributed by atoms with Crippen LogP contribution >= 0.6 is 0 Å². The minimum atomic E-state index is -3.48. The molecule has 7 heteroatoms. The number of methoxy groups -OCH3 is 1. The van der Waals surface area contributed by atoms with Gasteiger partial charge in [-0.3, -0.25) is 4.79 Å². The molecule has 0 aromatic heterocycles. The van der Waals surface area contributed by atoms with Crippen LogP contribution in [0.5, 0.6) is 0 Å². The van der Waals surface area contributed by atoms with E-state index in [4.69, 9.17) is 0 Å². The van der Waals surface area contributed by atoms with Gasteiger partial charge in [-0.1, -0.05) is 20.8 Å². The Labute approximate surface area is 122 Å². The molecule has 0 aromatic rings. The van der Waals surface area contributed by atoms with Gasteiger partial charge in [-0.25, -0.2) is 0 Å². The molecule has 0 N–H and O–H groups in total. The van der Waals surface area contributed by atoms with Gasteiger partial charge in [0, 0.05) is 26.7 Å². The summed E-state index contributed by atoms with van der Waals surface area (Å²) >= 11 is 0. The van der Waals surface area contributed by atoms with Gasteiger partial charge in [-0.05, 0) is 17.8 Å². The lowest BCUT2D eigenvalue weighted by molar-refractivity contribution is -0.140. The zero-order valence-corrected chi connectivity index (χ0v) is 13.9. The Kier molecular flexibility index (Phi) is 5.57. The number of nitrogens with zero attached hydrogens (tertiary/aromatic N) is 2. The van der Waals surface area contributed by atoms with E-state index in [9.17, 15) is 13.2 Å². The molecule has 1 unspecified atom stereocenters. The molecule has 0 spiro atoms. The van der Waals surface area contributed by atoms with Crippen LogP contribution in [0.4, 0.5) is 0 Å². The zero-order chi connectivity index (χ0) is 15.6. The lowest BCUT2D eigenvalue weighted by atomic mass is 9.80. The standard InChI is InChI=1S/C13H26N2O4S/c1-13(2,3)11-6-9-15(10-11)20(17,18)14(4)8-7-12(16)19-5/h11H,6-10H2,1-5H3. The van der Waals surface area contributed by atoms with Crippen molar-refractivity contribution >= 4 is 16.2 Å². The summed E-state index contributed by atoms with van der Waals surface area (Å²) in [6.45, 7) is 7.64. The monoisotopic (exact) mass is 306 g/mol. The summed E-state index contributed by atoms with van der Waals surface area (Å²) in [5, 5.41) is 0. The van der Waals surface area contributed by atoms with Crippen LogP contribution in [0.15, 0.2) is 0 Å². The smallest absolute Gasteiger partial charge is 0.306 e. The molecule has 0 bridgehead atoms. The Morgan fingerprint density at radius 1 is 1.40 bits per heavy atom. The maximum absolute atomic E-state index is 12.4. The molecular weight excluding hydrogens is 280 g/mol. The van der Waals surface area contributed by atoms with Crippen LogP contribution in [0.3, 0.4) is 0 Å². The second kappa shape index (κ2) is 6.41. The van der Waals surface area contributed by atoms with E-state index in [1.807, 2.05) is 0 Å². The molecule has 0 amide bonds. The Morgan fingerprint density at radius 2 is 2.00 bits per heavy atom. The highest BCUT2D eigenvalue weighted by molar-refractivity contribution is 7.86. The second-order valence-electron chi connectivity index (χ2n) is 6.37. The molecule has 1 fully saturated rings. The lowest BCUT2D eigenvalue weighted by Crippen LogP contribution is -2.42. The average molecular weight is 306 g/mol. The maximum atomic E-state index is 12.4. The molecule has 1 rings (SSSR count). The van der Waals surface area contributed by atoms with Gasteiger partial charge in [0.15, 0.2) is 0 Å². The van der Waals surface area contributed by atoms with Gasteiger partial charge >= 0.3 is 5.97 Å². The Bertz CT molecular complexity index is 442. The van der Waals surface area contributed by atoms with Crippen molar-refractivity contribution in [3.05, 3.63) is 0 Å². The van der Waals surface area contributed by atoms with Crippen molar-refractivity contribution < 1.29 is 17.9 Å². The Hall–Kier alpha value is -0.660. The third-order valence-electron chi connectivity index (χ3n) is 3.95. The fourth-order valence-electron chi connectivity index (χ4n) is 2.31. The lowest BCUT2D eigenvalue weighted by Gasteiger charge is -2.28. The first-order valence-corrected chi connectivity index (χ1v) is 8.27. The molecule has 1 atom stereocenters. The van der Waals surface area contributed by atoms with E-state index in [0.717, 1.165) is 6.42 Å². The predicted octanol–water partition coefficient (Wildman–Crippen LogP) is 1.09. The first-order valence-electron chi connectivity index (χ1n) is 6.87. The minimum Gasteiger partial charge on any atom is -0.469 e. The molecule has 1 heterocycles. The summed E-state index contributed by atoms with van der Waals surface area (Å²) in [5.74, 6) is -0.0349. The number of esters is 1. The Morgan fingerprint density at radius 3 is 2.45 bits per heavy atom. The van der Waals surface area contributed by atoms with Gasteiger partial charge in [-0.15, -0.1) is 0 Å². The average Bonchev–Trinajstić information content (AvgIpc) is 2.85. The molecule has 0 radical (unpaired) electrons. The van der Waals surface area contributed by atoms with Crippen LogP contribution in [0, 0.1) is 11.3 Å². The van der Waals surface area contributed by atoms with Crippen molar-refractivity contribution in [3.63, 3.8) is 0 Å². The fourth-order valence-corrected chi connectivity index (χ4v) is 3.73. The van der Waals surface area contributed by atoms with Gasteiger partial charge in [0.25, 0.3) is 10.2 Å². The fraction of sp³-hybridized carbons (Fsp3) is 0.923. The van der Waals surface area contributed by atoms with E-state index in [-0.39, 0.29) is 18.4 Å². The number of rotatable bonds is 5. The molecular formula is C13H26N2O4S. The molecule has 20 heavy (non-hydrogen) atoms. The highest BCUT2D eigenvalue weighted by Gasteiger charge is 2.38. The van der Waals surface area contributed by atoms with Gasteiger partial charge in [-0.2, -0.15) is 17.0 Å². The SMILES string of the molecule is COC(=O)CCN(C)S(=O)(=O)N1CCC(C(C)(C)C)C1. The molecule has 0 aliphatic carbocycles. The van der Waals surface area contributed by atoms with Crippen LogP contribution in [0.1, 0.15) is 33.6 Å². The van der Waals surface area contributed by atoms with Crippen molar-refractivity contribution in [3.8, 4) is 0 Å². The van der Waals surface area contributed by atoms with Gasteiger partial charge in [0.1, 0.15) is 0 Å². The van der Waals surface area contributed by atoms with Crippen LogP contribution < -0.4 is 0 Å². The molecule has 1 aliphatic heterocycles. The minimum absolute atomic E-state index is 0.0722. The Balaban J connectivity index is 2.63. The van der Waals surface area contributed by atoms with Crippen LogP contribution in [0.25, 0.3) is 0 Å². The highest BCUT2D eigenvalue weighted by Crippen LogP contribution is 2.34. The topological polar surface area (TPSA) is 66.9 Å². The summed E-state index contributed by atoms with van der Waals surface area (Å²) in [6.07, 6.45) is 0.955. The molecule has 6 nitrogen and oxygen atoms in total. The number of hydrogen-bond acceptors (Lipinski definition) is 4.